The molecule has 19 heavy (non-hydrogen) atoms. The Bertz CT molecular complexity index is 730. The summed E-state index contributed by atoms with van der Waals surface area (Å²) in [7, 11) is 3.86. The van der Waals surface area contributed by atoms with E-state index in [1.807, 2.05) is 60.8 Å². The van der Waals surface area contributed by atoms with Crippen molar-refractivity contribution in [1.82, 2.24) is 19.5 Å². The fourth-order valence-electron chi connectivity index (χ4n) is 2.11. The monoisotopic (exact) mass is 253 g/mol. The van der Waals surface area contributed by atoms with Gasteiger partial charge in [0, 0.05) is 20.3 Å². The number of hydrogen-bond donors (Lipinski definition) is 0. The molecule has 3 rings (SSSR count). The Morgan fingerprint density at radius 1 is 1.05 bits per heavy atom. The van der Waals surface area contributed by atoms with Gasteiger partial charge in [-0.1, -0.05) is 12.1 Å². The van der Waals surface area contributed by atoms with Crippen LogP contribution in [0.3, 0.4) is 0 Å². The molecule has 96 valence electrons. The molecule has 0 fully saturated rings. The zero-order valence-corrected chi connectivity index (χ0v) is 11.2. The van der Waals surface area contributed by atoms with E-state index in [1.54, 1.807) is 6.20 Å². The van der Waals surface area contributed by atoms with Crippen LogP contribution in [0, 0.1) is 6.92 Å². The van der Waals surface area contributed by atoms with Gasteiger partial charge >= 0.3 is 0 Å². The Morgan fingerprint density at radius 2 is 1.84 bits per heavy atom. The minimum atomic E-state index is 0.690. The summed E-state index contributed by atoms with van der Waals surface area (Å²) in [5, 5.41) is 0. The molecule has 2 heterocycles. The highest BCUT2D eigenvalue weighted by molar-refractivity contribution is 5.77. The van der Waals surface area contributed by atoms with Gasteiger partial charge in [0.25, 0.3) is 0 Å². The Kier molecular flexibility index (Phi) is 2.67. The van der Waals surface area contributed by atoms with E-state index in [1.165, 1.54) is 0 Å². The van der Waals surface area contributed by atoms with E-state index in [4.69, 9.17) is 0 Å². The molecule has 0 amide bonds. The molecule has 0 aliphatic rings. The van der Waals surface area contributed by atoms with Gasteiger partial charge < -0.3 is 4.90 Å². The maximum Gasteiger partial charge on any atom is 0.226 e. The average Bonchev–Trinajstić information content (AvgIpc) is 2.74. The third kappa shape index (κ3) is 1.93. The van der Waals surface area contributed by atoms with Crippen LogP contribution >= 0.6 is 0 Å². The van der Waals surface area contributed by atoms with Gasteiger partial charge in [0.15, 0.2) is 0 Å². The van der Waals surface area contributed by atoms with Gasteiger partial charge in [-0.2, -0.15) is 4.98 Å². The van der Waals surface area contributed by atoms with Crippen molar-refractivity contribution >= 4 is 17.0 Å². The molecule has 0 aliphatic carbocycles. The number of imidazole rings is 1. The Morgan fingerprint density at radius 3 is 2.63 bits per heavy atom. The first-order chi connectivity index (χ1) is 9.16. The summed E-state index contributed by atoms with van der Waals surface area (Å²) < 4.78 is 2.05. The Hall–Kier alpha value is -2.43. The third-order valence-corrected chi connectivity index (χ3v) is 2.99. The van der Waals surface area contributed by atoms with E-state index in [0.29, 0.717) is 5.95 Å². The highest BCUT2D eigenvalue weighted by Crippen LogP contribution is 2.20. The molecule has 0 bridgehead atoms. The Balaban J connectivity index is 2.24. The molecule has 0 spiro atoms. The van der Waals surface area contributed by atoms with E-state index >= 15 is 0 Å². The third-order valence-electron chi connectivity index (χ3n) is 2.99. The van der Waals surface area contributed by atoms with Crippen LogP contribution < -0.4 is 4.90 Å². The molecule has 2 aromatic heterocycles. The van der Waals surface area contributed by atoms with Gasteiger partial charge in [-0.25, -0.2) is 9.97 Å². The number of aryl methyl sites for hydroxylation is 1. The molecule has 0 unspecified atom stereocenters. The normalized spacial score (nSPS) is 10.9. The smallest absolute Gasteiger partial charge is 0.226 e. The van der Waals surface area contributed by atoms with E-state index < -0.39 is 0 Å². The molecule has 0 N–H and O–H groups in total. The maximum absolute atomic E-state index is 4.56. The summed E-state index contributed by atoms with van der Waals surface area (Å²) >= 11 is 0. The topological polar surface area (TPSA) is 46.8 Å². The standard InChI is InChI=1S/C14H15N5/c1-10-16-11-6-4-5-7-12(11)19(10)13-8-9-15-14(17-13)18(2)3/h4-9H,1-3H3. The van der Waals surface area contributed by atoms with Gasteiger partial charge in [-0.05, 0) is 25.1 Å². The molecule has 0 radical (unpaired) electrons. The second-order valence-corrected chi connectivity index (χ2v) is 4.59. The number of benzene rings is 1. The van der Waals surface area contributed by atoms with Gasteiger partial charge in [-0.15, -0.1) is 0 Å². The number of para-hydroxylation sites is 2. The van der Waals surface area contributed by atoms with Crippen molar-refractivity contribution in [3.63, 3.8) is 0 Å². The van der Waals surface area contributed by atoms with E-state index in [0.717, 1.165) is 22.7 Å². The number of fused-ring (bicyclic) bond motifs is 1. The summed E-state index contributed by atoms with van der Waals surface area (Å²) in [4.78, 5) is 15.2. The van der Waals surface area contributed by atoms with Crippen molar-refractivity contribution in [2.45, 2.75) is 6.92 Å². The van der Waals surface area contributed by atoms with Crippen molar-refractivity contribution in [1.29, 1.82) is 0 Å². The first kappa shape index (κ1) is 11.6. The van der Waals surface area contributed by atoms with E-state index in [2.05, 4.69) is 15.0 Å². The maximum atomic E-state index is 4.56. The van der Waals surface area contributed by atoms with Crippen molar-refractivity contribution in [2.75, 3.05) is 19.0 Å². The lowest BCUT2D eigenvalue weighted by atomic mass is 10.3. The molecule has 5 nitrogen and oxygen atoms in total. The lowest BCUT2D eigenvalue weighted by Crippen LogP contribution is -2.14. The largest absolute Gasteiger partial charge is 0.347 e. The number of nitrogens with zero attached hydrogens (tertiary/aromatic N) is 5. The molecule has 3 aromatic rings. The van der Waals surface area contributed by atoms with Crippen LogP contribution in [0.25, 0.3) is 16.9 Å². The number of rotatable bonds is 2. The molecular formula is C14H15N5. The molecular weight excluding hydrogens is 238 g/mol. The fourth-order valence-corrected chi connectivity index (χ4v) is 2.11. The molecule has 0 atom stereocenters. The number of hydrogen-bond acceptors (Lipinski definition) is 4. The number of anilines is 1. The zero-order chi connectivity index (χ0) is 13.4. The van der Waals surface area contributed by atoms with Crippen molar-refractivity contribution in [3.05, 3.63) is 42.4 Å². The predicted molar refractivity (Wildman–Crippen MR) is 75.7 cm³/mol. The summed E-state index contributed by atoms with van der Waals surface area (Å²) in [6.45, 7) is 1.98. The van der Waals surface area contributed by atoms with Crippen LogP contribution in [0.2, 0.25) is 0 Å². The van der Waals surface area contributed by atoms with Gasteiger partial charge in [0.05, 0.1) is 11.0 Å². The lowest BCUT2D eigenvalue weighted by molar-refractivity contribution is 0.916. The molecule has 0 saturated carbocycles. The average molecular weight is 253 g/mol. The molecule has 5 heteroatoms. The summed E-state index contributed by atoms with van der Waals surface area (Å²) in [5.74, 6) is 2.45. The minimum absolute atomic E-state index is 0.690. The number of aromatic nitrogens is 4. The van der Waals surface area contributed by atoms with Gasteiger partial charge in [0.1, 0.15) is 11.6 Å². The summed E-state index contributed by atoms with van der Waals surface area (Å²) in [6.07, 6.45) is 1.77. The predicted octanol–water partition coefficient (Wildman–Crippen LogP) is 2.19. The summed E-state index contributed by atoms with van der Waals surface area (Å²) in [5.41, 5.74) is 2.04. The first-order valence-corrected chi connectivity index (χ1v) is 6.11. The zero-order valence-electron chi connectivity index (χ0n) is 11.2. The first-order valence-electron chi connectivity index (χ1n) is 6.11. The second-order valence-electron chi connectivity index (χ2n) is 4.59. The van der Waals surface area contributed by atoms with Gasteiger partial charge in [0.2, 0.25) is 5.95 Å². The van der Waals surface area contributed by atoms with Gasteiger partial charge in [-0.3, -0.25) is 4.57 Å². The summed E-state index contributed by atoms with van der Waals surface area (Å²) in [6, 6.07) is 9.95. The second kappa shape index (κ2) is 4.35. The van der Waals surface area contributed by atoms with E-state index in [-0.39, 0.29) is 0 Å². The molecule has 1 aromatic carbocycles. The van der Waals surface area contributed by atoms with Crippen LogP contribution in [0.1, 0.15) is 5.82 Å². The van der Waals surface area contributed by atoms with Crippen LogP contribution in [-0.2, 0) is 0 Å². The lowest BCUT2D eigenvalue weighted by Gasteiger charge is -2.12. The molecule has 0 aliphatic heterocycles. The minimum Gasteiger partial charge on any atom is -0.347 e. The van der Waals surface area contributed by atoms with Crippen molar-refractivity contribution < 1.29 is 0 Å². The van der Waals surface area contributed by atoms with Crippen LogP contribution in [-0.4, -0.2) is 33.6 Å². The van der Waals surface area contributed by atoms with Crippen LogP contribution in [0.15, 0.2) is 36.5 Å². The Labute approximate surface area is 111 Å². The van der Waals surface area contributed by atoms with Crippen LogP contribution in [0.4, 0.5) is 5.95 Å². The van der Waals surface area contributed by atoms with Crippen molar-refractivity contribution in [3.8, 4) is 5.82 Å². The van der Waals surface area contributed by atoms with E-state index in [9.17, 15) is 0 Å². The highest BCUT2D eigenvalue weighted by atomic mass is 15.2. The SMILES string of the molecule is Cc1nc2ccccc2n1-c1ccnc(N(C)C)n1. The van der Waals surface area contributed by atoms with Crippen molar-refractivity contribution in [2.24, 2.45) is 0 Å². The highest BCUT2D eigenvalue weighted by Gasteiger charge is 2.10. The molecule has 0 saturated heterocycles. The fraction of sp³-hybridized carbons (Fsp3) is 0.214. The quantitative estimate of drug-likeness (QED) is 0.702. The van der Waals surface area contributed by atoms with Crippen LogP contribution in [0.5, 0.6) is 0 Å².